The molecule has 2 atom stereocenters. The van der Waals surface area contributed by atoms with Gasteiger partial charge in [0.25, 0.3) is 0 Å². The lowest BCUT2D eigenvalue weighted by Crippen LogP contribution is -2.41. The second-order valence-corrected chi connectivity index (χ2v) is 5.48. The molecule has 0 aliphatic heterocycles. The summed E-state index contributed by atoms with van der Waals surface area (Å²) in [5.41, 5.74) is 5.88. The summed E-state index contributed by atoms with van der Waals surface area (Å²) >= 11 is 0. The maximum Gasteiger partial charge on any atom is 0.0589 e. The van der Waals surface area contributed by atoms with Gasteiger partial charge in [0.2, 0.25) is 0 Å². The first kappa shape index (κ1) is 16.9. The average Bonchev–Trinajstić information content (AvgIpc) is 2.31. The molecule has 2 unspecified atom stereocenters. The van der Waals surface area contributed by atoms with Crippen LogP contribution >= 0.6 is 0 Å². The van der Waals surface area contributed by atoms with Gasteiger partial charge in [0.15, 0.2) is 0 Å². The molecular formula is C14H32N2O. The molecule has 0 aromatic rings. The van der Waals surface area contributed by atoms with Crippen LogP contribution in [0.25, 0.3) is 0 Å². The van der Waals surface area contributed by atoms with E-state index in [0.29, 0.717) is 12.0 Å². The topological polar surface area (TPSA) is 38.5 Å². The van der Waals surface area contributed by atoms with Crippen LogP contribution in [0.4, 0.5) is 0 Å². The Morgan fingerprint density at radius 3 is 2.29 bits per heavy atom. The van der Waals surface area contributed by atoms with Crippen molar-refractivity contribution in [1.29, 1.82) is 0 Å². The van der Waals surface area contributed by atoms with E-state index in [2.05, 4.69) is 32.6 Å². The maximum atomic E-state index is 5.88. The Kier molecular flexibility index (Phi) is 9.79. The molecule has 0 aromatic carbocycles. The second kappa shape index (κ2) is 9.86. The lowest BCUT2D eigenvalue weighted by atomic mass is 9.96. The minimum Gasteiger partial charge on any atom is -0.383 e. The lowest BCUT2D eigenvalue weighted by molar-refractivity contribution is 0.107. The smallest absolute Gasteiger partial charge is 0.0589 e. The third-order valence-corrected chi connectivity index (χ3v) is 3.43. The van der Waals surface area contributed by atoms with Crippen LogP contribution in [-0.4, -0.2) is 44.3 Å². The molecule has 0 aliphatic rings. The van der Waals surface area contributed by atoms with Crippen LogP contribution in [0.5, 0.6) is 0 Å². The summed E-state index contributed by atoms with van der Waals surface area (Å²) in [5.74, 6) is 1.34. The monoisotopic (exact) mass is 244 g/mol. The van der Waals surface area contributed by atoms with Crippen molar-refractivity contribution in [3.05, 3.63) is 0 Å². The summed E-state index contributed by atoms with van der Waals surface area (Å²) in [7, 11) is 1.77. The van der Waals surface area contributed by atoms with Crippen LogP contribution in [0.2, 0.25) is 0 Å². The predicted molar refractivity (Wildman–Crippen MR) is 75.2 cm³/mol. The predicted octanol–water partition coefficient (Wildman–Crippen LogP) is 2.35. The van der Waals surface area contributed by atoms with Gasteiger partial charge in [0, 0.05) is 26.2 Å². The highest BCUT2D eigenvalue weighted by Gasteiger charge is 2.17. The summed E-state index contributed by atoms with van der Waals surface area (Å²) in [4.78, 5) is 2.52. The quantitative estimate of drug-likeness (QED) is 0.641. The summed E-state index contributed by atoms with van der Waals surface area (Å²) in [6.07, 6.45) is 2.40. The number of nitrogens with zero attached hydrogens (tertiary/aromatic N) is 1. The molecular weight excluding hydrogens is 212 g/mol. The van der Waals surface area contributed by atoms with E-state index >= 15 is 0 Å². The van der Waals surface area contributed by atoms with Gasteiger partial charge in [-0.2, -0.15) is 0 Å². The van der Waals surface area contributed by atoms with Gasteiger partial charge in [0.1, 0.15) is 0 Å². The van der Waals surface area contributed by atoms with E-state index in [9.17, 15) is 0 Å². The molecule has 0 saturated heterocycles. The molecule has 0 aliphatic carbocycles. The van der Waals surface area contributed by atoms with Crippen molar-refractivity contribution in [1.82, 2.24) is 4.90 Å². The van der Waals surface area contributed by atoms with Crippen molar-refractivity contribution in [3.63, 3.8) is 0 Å². The van der Waals surface area contributed by atoms with Crippen molar-refractivity contribution >= 4 is 0 Å². The van der Waals surface area contributed by atoms with E-state index in [0.717, 1.165) is 32.2 Å². The van der Waals surface area contributed by atoms with Crippen molar-refractivity contribution in [2.24, 2.45) is 17.6 Å². The van der Waals surface area contributed by atoms with E-state index in [-0.39, 0.29) is 0 Å². The zero-order valence-corrected chi connectivity index (χ0v) is 12.4. The summed E-state index contributed by atoms with van der Waals surface area (Å²) < 4.78 is 5.19. The highest BCUT2D eigenvalue weighted by atomic mass is 16.5. The molecule has 0 aromatic heterocycles. The number of nitrogens with two attached hydrogens (primary N) is 1. The maximum absolute atomic E-state index is 5.88. The molecule has 0 amide bonds. The first-order valence-electron chi connectivity index (χ1n) is 6.98. The lowest BCUT2D eigenvalue weighted by Gasteiger charge is -2.32. The van der Waals surface area contributed by atoms with Gasteiger partial charge in [-0.15, -0.1) is 0 Å². The van der Waals surface area contributed by atoms with Crippen LogP contribution in [0, 0.1) is 11.8 Å². The normalized spacial score (nSPS) is 15.5. The van der Waals surface area contributed by atoms with Gasteiger partial charge in [-0.3, -0.25) is 4.90 Å². The van der Waals surface area contributed by atoms with E-state index in [4.69, 9.17) is 10.5 Å². The highest BCUT2D eigenvalue weighted by Crippen LogP contribution is 2.14. The molecule has 0 fully saturated rings. The Hall–Kier alpha value is -0.120. The number of hydrogen-bond acceptors (Lipinski definition) is 3. The number of ether oxygens (including phenoxy) is 1. The summed E-state index contributed by atoms with van der Waals surface area (Å²) in [5, 5.41) is 0. The molecule has 0 rings (SSSR count). The van der Waals surface area contributed by atoms with Crippen LogP contribution in [0.1, 0.15) is 40.5 Å². The van der Waals surface area contributed by atoms with Crippen LogP contribution < -0.4 is 5.73 Å². The second-order valence-electron chi connectivity index (χ2n) is 5.48. The van der Waals surface area contributed by atoms with Crippen molar-refractivity contribution < 1.29 is 4.74 Å². The SMILES string of the molecule is CCC(C)N(CCOC)CC(CN)CC(C)C. The minimum atomic E-state index is 0.612. The molecule has 0 bridgehead atoms. The van der Waals surface area contributed by atoms with Crippen molar-refractivity contribution in [3.8, 4) is 0 Å². The average molecular weight is 244 g/mol. The van der Waals surface area contributed by atoms with E-state index in [1.54, 1.807) is 7.11 Å². The van der Waals surface area contributed by atoms with Gasteiger partial charge < -0.3 is 10.5 Å². The van der Waals surface area contributed by atoms with Crippen molar-refractivity contribution in [2.45, 2.75) is 46.6 Å². The van der Waals surface area contributed by atoms with Gasteiger partial charge in [0.05, 0.1) is 6.61 Å². The Morgan fingerprint density at radius 1 is 1.24 bits per heavy atom. The van der Waals surface area contributed by atoms with E-state index < -0.39 is 0 Å². The Morgan fingerprint density at radius 2 is 1.88 bits per heavy atom. The molecule has 0 heterocycles. The fourth-order valence-electron chi connectivity index (χ4n) is 2.20. The zero-order chi connectivity index (χ0) is 13.3. The van der Waals surface area contributed by atoms with Crippen molar-refractivity contribution in [2.75, 3.05) is 33.4 Å². The molecule has 2 N–H and O–H groups in total. The largest absolute Gasteiger partial charge is 0.383 e. The summed E-state index contributed by atoms with van der Waals surface area (Å²) in [6, 6.07) is 0.617. The van der Waals surface area contributed by atoms with E-state index in [1.807, 2.05) is 0 Å². The molecule has 17 heavy (non-hydrogen) atoms. The minimum absolute atomic E-state index is 0.612. The molecule has 0 radical (unpaired) electrons. The highest BCUT2D eigenvalue weighted by molar-refractivity contribution is 4.72. The standard InChI is InChI=1S/C14H32N2O/c1-6-13(4)16(7-8-17-5)11-14(10-15)9-12(2)3/h12-14H,6-11,15H2,1-5H3. The first-order chi connectivity index (χ1) is 8.04. The van der Waals surface area contributed by atoms with Crippen LogP contribution in [0.3, 0.4) is 0 Å². The van der Waals surface area contributed by atoms with Gasteiger partial charge in [-0.25, -0.2) is 0 Å². The van der Waals surface area contributed by atoms with Gasteiger partial charge >= 0.3 is 0 Å². The Bertz CT molecular complexity index is 174. The van der Waals surface area contributed by atoms with Crippen LogP contribution in [0.15, 0.2) is 0 Å². The summed E-state index contributed by atoms with van der Waals surface area (Å²) in [6.45, 7) is 12.8. The first-order valence-corrected chi connectivity index (χ1v) is 6.98. The molecule has 104 valence electrons. The Balaban J connectivity index is 4.26. The number of rotatable bonds is 10. The third kappa shape index (κ3) is 7.74. The molecule has 3 nitrogen and oxygen atoms in total. The fraction of sp³-hybridized carbons (Fsp3) is 1.00. The van der Waals surface area contributed by atoms with Crippen LogP contribution in [-0.2, 0) is 4.74 Å². The van der Waals surface area contributed by atoms with Gasteiger partial charge in [-0.1, -0.05) is 20.8 Å². The third-order valence-electron chi connectivity index (χ3n) is 3.43. The fourth-order valence-corrected chi connectivity index (χ4v) is 2.20. The van der Waals surface area contributed by atoms with E-state index in [1.165, 1.54) is 12.8 Å². The number of hydrogen-bond donors (Lipinski definition) is 1. The molecule has 0 saturated carbocycles. The Labute approximate surface area is 108 Å². The number of methoxy groups -OCH3 is 1. The zero-order valence-electron chi connectivity index (χ0n) is 12.4. The molecule has 0 spiro atoms. The van der Waals surface area contributed by atoms with Gasteiger partial charge in [-0.05, 0) is 38.1 Å². The molecule has 3 heteroatoms.